The van der Waals surface area contributed by atoms with E-state index in [4.69, 9.17) is 4.74 Å². The van der Waals surface area contributed by atoms with Crippen molar-refractivity contribution in [2.75, 3.05) is 14.2 Å². The van der Waals surface area contributed by atoms with Gasteiger partial charge in [0.2, 0.25) is 0 Å². The molecule has 1 aromatic heterocycles. The van der Waals surface area contributed by atoms with Gasteiger partial charge < -0.3 is 15.4 Å². The number of aryl methyl sites for hydroxylation is 2. The van der Waals surface area contributed by atoms with Gasteiger partial charge in [-0.2, -0.15) is 0 Å². The van der Waals surface area contributed by atoms with Crippen LogP contribution in [0.5, 0.6) is 5.75 Å². The fourth-order valence-electron chi connectivity index (χ4n) is 2.06. The molecule has 0 aliphatic rings. The Morgan fingerprint density at radius 2 is 2.00 bits per heavy atom. The Balaban J connectivity index is 0.00000264. The highest BCUT2D eigenvalue weighted by molar-refractivity contribution is 14.0. The molecule has 0 spiro atoms. The number of halogens is 1. The molecule has 0 amide bonds. The van der Waals surface area contributed by atoms with E-state index in [9.17, 15) is 0 Å². The molecule has 0 saturated heterocycles. The van der Waals surface area contributed by atoms with Crippen molar-refractivity contribution in [3.05, 3.63) is 45.4 Å². The highest BCUT2D eigenvalue weighted by atomic mass is 127. The van der Waals surface area contributed by atoms with Crippen molar-refractivity contribution in [3.63, 3.8) is 0 Å². The topological polar surface area (TPSA) is 58.5 Å². The maximum absolute atomic E-state index is 5.42. The molecule has 23 heavy (non-hydrogen) atoms. The van der Waals surface area contributed by atoms with E-state index in [-0.39, 0.29) is 24.0 Å². The van der Waals surface area contributed by atoms with E-state index in [0.717, 1.165) is 28.8 Å². The lowest BCUT2D eigenvalue weighted by molar-refractivity contribution is 0.408. The van der Waals surface area contributed by atoms with Gasteiger partial charge in [-0.1, -0.05) is 12.1 Å². The fraction of sp³-hybridized carbons (Fsp3) is 0.375. The minimum Gasteiger partial charge on any atom is -0.496 e. The number of nitrogens with one attached hydrogen (secondary N) is 2. The van der Waals surface area contributed by atoms with Crippen LogP contribution in [0.25, 0.3) is 0 Å². The lowest BCUT2D eigenvalue weighted by Crippen LogP contribution is -2.36. The molecule has 2 rings (SSSR count). The molecule has 0 atom stereocenters. The van der Waals surface area contributed by atoms with Crippen LogP contribution in [0.2, 0.25) is 0 Å². The number of rotatable bonds is 5. The van der Waals surface area contributed by atoms with Crippen LogP contribution < -0.4 is 15.4 Å². The summed E-state index contributed by atoms with van der Waals surface area (Å²) in [5.74, 6) is 1.65. The number of guanidine groups is 1. The van der Waals surface area contributed by atoms with Crippen LogP contribution in [0.1, 0.15) is 21.0 Å². The molecular formula is C16H23IN4OS. The lowest BCUT2D eigenvalue weighted by Gasteiger charge is -2.13. The third-order valence-corrected chi connectivity index (χ3v) is 4.12. The highest BCUT2D eigenvalue weighted by Crippen LogP contribution is 2.19. The maximum Gasteiger partial charge on any atom is 0.191 e. The highest BCUT2D eigenvalue weighted by Gasteiger charge is 2.05. The number of hydrogen-bond acceptors (Lipinski definition) is 4. The summed E-state index contributed by atoms with van der Waals surface area (Å²) in [4.78, 5) is 9.67. The van der Waals surface area contributed by atoms with Gasteiger partial charge in [-0.05, 0) is 25.5 Å². The largest absolute Gasteiger partial charge is 0.496 e. The Morgan fingerprint density at radius 3 is 2.61 bits per heavy atom. The van der Waals surface area contributed by atoms with Crippen LogP contribution in [0, 0.1) is 13.8 Å². The minimum absolute atomic E-state index is 0. The Hall–Kier alpha value is -1.35. The van der Waals surface area contributed by atoms with Crippen LogP contribution in [0.15, 0.2) is 29.4 Å². The molecule has 2 N–H and O–H groups in total. The molecule has 126 valence electrons. The van der Waals surface area contributed by atoms with E-state index in [2.05, 4.69) is 39.7 Å². The Morgan fingerprint density at radius 1 is 1.26 bits per heavy atom. The lowest BCUT2D eigenvalue weighted by atomic mass is 10.1. The molecule has 0 aliphatic carbocycles. The molecule has 1 heterocycles. The summed E-state index contributed by atoms with van der Waals surface area (Å²) in [6.07, 6.45) is 1.89. The summed E-state index contributed by atoms with van der Waals surface area (Å²) in [7, 11) is 3.46. The first-order chi connectivity index (χ1) is 10.6. The standard InChI is InChI=1S/C16H22N4OS.HI/c1-11-5-6-13(15(7-11)21-4)8-19-16(17-3)20-10-14-9-18-12(2)22-14;/h5-7,9H,8,10H2,1-4H3,(H2,17,19,20);1H. The fourth-order valence-corrected chi connectivity index (χ4v) is 2.79. The molecule has 0 unspecified atom stereocenters. The zero-order valence-corrected chi connectivity index (χ0v) is 17.0. The van der Waals surface area contributed by atoms with E-state index in [1.165, 1.54) is 10.4 Å². The number of hydrogen-bond donors (Lipinski definition) is 2. The predicted molar refractivity (Wildman–Crippen MR) is 107 cm³/mol. The van der Waals surface area contributed by atoms with Crippen LogP contribution in [0.3, 0.4) is 0 Å². The van der Waals surface area contributed by atoms with Crippen molar-refractivity contribution in [2.24, 2.45) is 4.99 Å². The summed E-state index contributed by atoms with van der Waals surface area (Å²) < 4.78 is 5.42. The number of ether oxygens (including phenoxy) is 1. The van der Waals surface area contributed by atoms with Crippen LogP contribution in [0.4, 0.5) is 0 Å². The van der Waals surface area contributed by atoms with Gasteiger partial charge in [0.25, 0.3) is 0 Å². The Kier molecular flexibility index (Phi) is 8.32. The number of aromatic nitrogens is 1. The zero-order valence-electron chi connectivity index (χ0n) is 13.8. The van der Waals surface area contributed by atoms with E-state index in [1.807, 2.05) is 19.2 Å². The first kappa shape index (κ1) is 19.7. The maximum atomic E-state index is 5.42. The summed E-state index contributed by atoms with van der Waals surface area (Å²) in [6, 6.07) is 6.18. The number of thiazole rings is 1. The van der Waals surface area contributed by atoms with Crippen molar-refractivity contribution >= 4 is 41.3 Å². The molecule has 0 fully saturated rings. The van der Waals surface area contributed by atoms with E-state index in [0.29, 0.717) is 6.54 Å². The van der Waals surface area contributed by atoms with Gasteiger partial charge >= 0.3 is 0 Å². The molecule has 7 heteroatoms. The summed E-state index contributed by atoms with van der Waals surface area (Å²) in [5.41, 5.74) is 2.29. The third kappa shape index (κ3) is 5.98. The zero-order chi connectivity index (χ0) is 15.9. The monoisotopic (exact) mass is 446 g/mol. The van der Waals surface area contributed by atoms with Gasteiger partial charge in [0.1, 0.15) is 5.75 Å². The number of benzene rings is 1. The van der Waals surface area contributed by atoms with Gasteiger partial charge in [-0.15, -0.1) is 35.3 Å². The second-order valence-electron chi connectivity index (χ2n) is 4.94. The van der Waals surface area contributed by atoms with Crippen molar-refractivity contribution in [1.82, 2.24) is 15.6 Å². The first-order valence-corrected chi connectivity index (χ1v) is 7.93. The second kappa shape index (κ2) is 9.71. The van der Waals surface area contributed by atoms with Gasteiger partial charge in [0.15, 0.2) is 5.96 Å². The predicted octanol–water partition coefficient (Wildman–Crippen LogP) is 3.25. The van der Waals surface area contributed by atoms with Crippen LogP contribution in [-0.2, 0) is 13.1 Å². The Labute approximate surface area is 158 Å². The van der Waals surface area contributed by atoms with Crippen molar-refractivity contribution in [2.45, 2.75) is 26.9 Å². The molecule has 0 bridgehead atoms. The van der Waals surface area contributed by atoms with Crippen molar-refractivity contribution in [3.8, 4) is 5.75 Å². The molecule has 0 aliphatic heterocycles. The minimum atomic E-state index is 0. The van der Waals surface area contributed by atoms with Crippen molar-refractivity contribution < 1.29 is 4.74 Å². The summed E-state index contributed by atoms with van der Waals surface area (Å²) in [6.45, 7) is 5.43. The average molecular weight is 446 g/mol. The number of nitrogens with zero attached hydrogens (tertiary/aromatic N) is 2. The molecule has 0 saturated carbocycles. The molecule has 1 aromatic carbocycles. The quantitative estimate of drug-likeness (QED) is 0.421. The normalized spacial score (nSPS) is 10.9. The average Bonchev–Trinajstić information content (AvgIpc) is 2.94. The van der Waals surface area contributed by atoms with Gasteiger partial charge in [0, 0.05) is 30.2 Å². The number of aliphatic imine (C=N–C) groups is 1. The number of methoxy groups -OCH3 is 1. The van der Waals surface area contributed by atoms with Gasteiger partial charge in [0.05, 0.1) is 18.7 Å². The molecule has 5 nitrogen and oxygen atoms in total. The summed E-state index contributed by atoms with van der Waals surface area (Å²) in [5, 5.41) is 7.66. The summed E-state index contributed by atoms with van der Waals surface area (Å²) >= 11 is 1.69. The smallest absolute Gasteiger partial charge is 0.191 e. The van der Waals surface area contributed by atoms with Crippen LogP contribution >= 0.6 is 35.3 Å². The van der Waals surface area contributed by atoms with E-state index < -0.39 is 0 Å². The van der Waals surface area contributed by atoms with Gasteiger partial charge in [-0.25, -0.2) is 4.98 Å². The molecular weight excluding hydrogens is 423 g/mol. The third-order valence-electron chi connectivity index (χ3n) is 3.21. The first-order valence-electron chi connectivity index (χ1n) is 7.11. The van der Waals surface area contributed by atoms with E-state index >= 15 is 0 Å². The van der Waals surface area contributed by atoms with Gasteiger partial charge in [-0.3, -0.25) is 4.99 Å². The molecule has 2 aromatic rings. The van der Waals surface area contributed by atoms with E-state index in [1.54, 1.807) is 25.5 Å². The second-order valence-corrected chi connectivity index (χ2v) is 6.26. The van der Waals surface area contributed by atoms with Crippen LogP contribution in [-0.4, -0.2) is 25.1 Å². The SMILES string of the molecule is CN=C(NCc1cnc(C)s1)NCc1ccc(C)cc1OC.I. The Bertz CT molecular complexity index is 657. The molecule has 0 radical (unpaired) electrons. The van der Waals surface area contributed by atoms with Crippen molar-refractivity contribution in [1.29, 1.82) is 0 Å².